The first-order valence-electron chi connectivity index (χ1n) is 11.1. The van der Waals surface area contributed by atoms with Gasteiger partial charge in [0.25, 0.3) is 0 Å². The highest BCUT2D eigenvalue weighted by Crippen LogP contribution is 2.18. The smallest absolute Gasteiger partial charge is 0.230 e. The molecule has 0 atom stereocenters. The number of carbonyl (C=O) groups is 2. The minimum Gasteiger partial charge on any atom is -0.303 e. The molecule has 0 bridgehead atoms. The summed E-state index contributed by atoms with van der Waals surface area (Å²) in [5.74, 6) is 0.289. The Morgan fingerprint density at radius 2 is 1.73 bits per heavy atom. The molecule has 0 saturated carbocycles. The molecule has 7 heteroatoms. The molecule has 1 amide bonds. The standard InChI is InChI=1S/C23H32N4O2S/c28-20(13-9-17-27-15-7-2-8-16-27)12-5-6-14-22-25-26-23(30-22)24-21(29)18-19-10-3-1-4-11-19/h1,3-4,10-11H,2,5-9,12-18H2,(H,24,26,29). The van der Waals surface area contributed by atoms with Gasteiger partial charge in [0.05, 0.1) is 6.42 Å². The number of amides is 1. The Bertz CT molecular complexity index is 788. The van der Waals surface area contributed by atoms with Gasteiger partial charge in [-0.2, -0.15) is 0 Å². The number of unbranched alkanes of at least 4 members (excludes halogenated alkanes) is 1. The first kappa shape index (κ1) is 22.6. The van der Waals surface area contributed by atoms with Gasteiger partial charge in [0.15, 0.2) is 0 Å². The molecule has 30 heavy (non-hydrogen) atoms. The lowest BCUT2D eigenvalue weighted by atomic mass is 10.1. The number of likely N-dealkylation sites (tertiary alicyclic amines) is 1. The van der Waals surface area contributed by atoms with Crippen molar-refractivity contribution < 1.29 is 9.59 Å². The summed E-state index contributed by atoms with van der Waals surface area (Å²) in [6.45, 7) is 3.46. The first-order valence-corrected chi connectivity index (χ1v) is 11.9. The second-order valence-electron chi connectivity index (χ2n) is 7.96. The van der Waals surface area contributed by atoms with Crippen LogP contribution in [0.25, 0.3) is 0 Å². The van der Waals surface area contributed by atoms with Crippen LogP contribution in [0, 0.1) is 0 Å². The van der Waals surface area contributed by atoms with E-state index >= 15 is 0 Å². The fourth-order valence-corrected chi connectivity index (χ4v) is 4.55. The summed E-state index contributed by atoms with van der Waals surface area (Å²) >= 11 is 1.42. The lowest BCUT2D eigenvalue weighted by molar-refractivity contribution is -0.119. The molecule has 1 fully saturated rings. The molecule has 0 aliphatic carbocycles. The van der Waals surface area contributed by atoms with Gasteiger partial charge in [-0.3, -0.25) is 9.59 Å². The second kappa shape index (κ2) is 12.5. The zero-order valence-corrected chi connectivity index (χ0v) is 18.5. The van der Waals surface area contributed by atoms with E-state index in [9.17, 15) is 9.59 Å². The van der Waals surface area contributed by atoms with Gasteiger partial charge in [-0.25, -0.2) is 0 Å². The largest absolute Gasteiger partial charge is 0.303 e. The van der Waals surface area contributed by atoms with E-state index in [1.807, 2.05) is 30.3 Å². The van der Waals surface area contributed by atoms with Crippen molar-refractivity contribution in [1.29, 1.82) is 0 Å². The highest BCUT2D eigenvalue weighted by Gasteiger charge is 2.11. The summed E-state index contributed by atoms with van der Waals surface area (Å²) in [5.41, 5.74) is 0.973. The van der Waals surface area contributed by atoms with Gasteiger partial charge in [0.1, 0.15) is 10.8 Å². The highest BCUT2D eigenvalue weighted by atomic mass is 32.1. The second-order valence-corrected chi connectivity index (χ2v) is 9.03. The van der Waals surface area contributed by atoms with Crippen molar-refractivity contribution in [2.45, 2.75) is 64.2 Å². The maximum absolute atomic E-state index is 12.1. The van der Waals surface area contributed by atoms with Crippen LogP contribution in [-0.2, 0) is 22.4 Å². The van der Waals surface area contributed by atoms with Gasteiger partial charge >= 0.3 is 0 Å². The fraction of sp³-hybridized carbons (Fsp3) is 0.565. The van der Waals surface area contributed by atoms with Gasteiger partial charge in [-0.1, -0.05) is 48.1 Å². The number of aromatic nitrogens is 2. The molecular formula is C23H32N4O2S. The molecule has 1 N–H and O–H groups in total. The highest BCUT2D eigenvalue weighted by molar-refractivity contribution is 7.15. The van der Waals surface area contributed by atoms with Crippen LogP contribution in [0.1, 0.15) is 61.9 Å². The third-order valence-electron chi connectivity index (χ3n) is 5.40. The van der Waals surface area contributed by atoms with Gasteiger partial charge in [0, 0.05) is 19.3 Å². The summed E-state index contributed by atoms with van der Waals surface area (Å²) in [6.07, 6.45) is 9.24. The van der Waals surface area contributed by atoms with Crippen LogP contribution in [0.3, 0.4) is 0 Å². The predicted octanol–water partition coefficient (Wildman–Crippen LogP) is 4.27. The quantitative estimate of drug-likeness (QED) is 0.511. The molecule has 0 spiro atoms. The maximum atomic E-state index is 12.1. The Balaban J connectivity index is 1.26. The van der Waals surface area contributed by atoms with Crippen LogP contribution in [0.15, 0.2) is 30.3 Å². The number of hydrogen-bond donors (Lipinski definition) is 1. The average molecular weight is 429 g/mol. The minimum absolute atomic E-state index is 0.0842. The molecule has 162 valence electrons. The Morgan fingerprint density at radius 1 is 0.967 bits per heavy atom. The number of carbonyl (C=O) groups excluding carboxylic acids is 2. The van der Waals surface area contributed by atoms with Crippen LogP contribution in [0.4, 0.5) is 5.13 Å². The van der Waals surface area contributed by atoms with Crippen LogP contribution in [-0.4, -0.2) is 46.4 Å². The zero-order valence-electron chi connectivity index (χ0n) is 17.6. The number of piperidine rings is 1. The number of aryl methyl sites for hydroxylation is 1. The Labute approximate surface area is 183 Å². The molecule has 1 aliphatic heterocycles. The first-order chi connectivity index (χ1) is 14.7. The van der Waals surface area contributed by atoms with Crippen LogP contribution in [0.5, 0.6) is 0 Å². The van der Waals surface area contributed by atoms with Gasteiger partial charge in [-0.15, -0.1) is 10.2 Å². The Morgan fingerprint density at radius 3 is 2.53 bits per heavy atom. The lowest BCUT2D eigenvalue weighted by Crippen LogP contribution is -2.30. The Hall–Kier alpha value is -2.12. The van der Waals surface area contributed by atoms with Crippen molar-refractivity contribution in [1.82, 2.24) is 15.1 Å². The van der Waals surface area contributed by atoms with Crippen molar-refractivity contribution in [2.24, 2.45) is 0 Å². The van der Waals surface area contributed by atoms with E-state index in [0.717, 1.165) is 42.8 Å². The van der Waals surface area contributed by atoms with Crippen LogP contribution < -0.4 is 5.32 Å². The van der Waals surface area contributed by atoms with E-state index in [2.05, 4.69) is 20.4 Å². The number of nitrogens with one attached hydrogen (secondary N) is 1. The molecule has 0 unspecified atom stereocenters. The van der Waals surface area contributed by atoms with Crippen molar-refractivity contribution in [3.05, 3.63) is 40.9 Å². The third-order valence-corrected chi connectivity index (χ3v) is 6.29. The number of rotatable bonds is 12. The minimum atomic E-state index is -0.0842. The van der Waals surface area contributed by atoms with E-state index in [4.69, 9.17) is 0 Å². The summed E-state index contributed by atoms with van der Waals surface area (Å²) in [4.78, 5) is 26.7. The monoisotopic (exact) mass is 428 g/mol. The van der Waals surface area contributed by atoms with Crippen LogP contribution >= 0.6 is 11.3 Å². The number of benzene rings is 1. The molecule has 6 nitrogen and oxygen atoms in total. The van der Waals surface area contributed by atoms with Crippen molar-refractivity contribution in [2.75, 3.05) is 25.0 Å². The van der Waals surface area contributed by atoms with E-state index in [1.165, 1.54) is 43.7 Å². The average Bonchev–Trinajstić information content (AvgIpc) is 3.19. The lowest BCUT2D eigenvalue weighted by Gasteiger charge is -2.26. The molecule has 0 radical (unpaired) electrons. The number of Topliss-reactive ketones (excluding diaryl/α,β-unsaturated/α-hetero) is 1. The van der Waals surface area contributed by atoms with Gasteiger partial charge in [0.2, 0.25) is 11.0 Å². The molecule has 1 saturated heterocycles. The van der Waals surface area contributed by atoms with E-state index in [-0.39, 0.29) is 5.91 Å². The topological polar surface area (TPSA) is 75.2 Å². The molecule has 1 aromatic heterocycles. The molecular weight excluding hydrogens is 396 g/mol. The molecule has 2 aromatic rings. The Kier molecular flexibility index (Phi) is 9.44. The molecule has 2 heterocycles. The summed E-state index contributed by atoms with van der Waals surface area (Å²) < 4.78 is 0. The molecule has 3 rings (SSSR count). The zero-order chi connectivity index (χ0) is 21.0. The van der Waals surface area contributed by atoms with Crippen molar-refractivity contribution in [3.63, 3.8) is 0 Å². The van der Waals surface area contributed by atoms with Gasteiger partial charge < -0.3 is 10.2 Å². The third kappa shape index (κ3) is 8.32. The van der Waals surface area contributed by atoms with E-state index in [0.29, 0.717) is 30.2 Å². The maximum Gasteiger partial charge on any atom is 0.230 e. The number of nitrogens with zero attached hydrogens (tertiary/aromatic N) is 3. The van der Waals surface area contributed by atoms with Crippen LogP contribution in [0.2, 0.25) is 0 Å². The summed E-state index contributed by atoms with van der Waals surface area (Å²) in [7, 11) is 0. The molecule has 1 aromatic carbocycles. The normalized spacial score (nSPS) is 14.5. The SMILES string of the molecule is O=C(CCCCc1nnc(NC(=O)Cc2ccccc2)s1)CCCN1CCCCC1. The predicted molar refractivity (Wildman–Crippen MR) is 121 cm³/mol. The number of hydrogen-bond acceptors (Lipinski definition) is 6. The van der Waals surface area contributed by atoms with Crippen molar-refractivity contribution in [3.8, 4) is 0 Å². The molecule has 1 aliphatic rings. The number of ketones is 1. The van der Waals surface area contributed by atoms with Gasteiger partial charge in [-0.05, 0) is 57.3 Å². The van der Waals surface area contributed by atoms with E-state index < -0.39 is 0 Å². The summed E-state index contributed by atoms with van der Waals surface area (Å²) in [6, 6.07) is 9.64. The summed E-state index contributed by atoms with van der Waals surface area (Å²) in [5, 5.41) is 12.5. The van der Waals surface area contributed by atoms with E-state index in [1.54, 1.807) is 0 Å². The van der Waals surface area contributed by atoms with Crippen molar-refractivity contribution >= 4 is 28.2 Å². The fourth-order valence-electron chi connectivity index (χ4n) is 3.76. The number of anilines is 1.